The summed E-state index contributed by atoms with van der Waals surface area (Å²) in [6.45, 7) is 5.49. The van der Waals surface area contributed by atoms with Crippen LogP contribution in [-0.2, 0) is 0 Å². The van der Waals surface area contributed by atoms with Crippen LogP contribution in [0, 0.1) is 13.8 Å². The van der Waals surface area contributed by atoms with Crippen LogP contribution in [0.3, 0.4) is 0 Å². The molecular formula is C20H22N4OS. The standard InChI is InChI=1S/C20H22N4OS/c1-14-11-21-24(12-14)17-9-6-10-23(13-17)20(25)19-18(22-15(2)26-19)16-7-4-3-5-8-16/h3-5,7-8,11-12,17H,6,9-10,13H2,1-2H3. The quantitative estimate of drug-likeness (QED) is 0.701. The third-order valence-corrected chi connectivity index (χ3v) is 5.72. The van der Waals surface area contributed by atoms with Crippen LogP contribution in [0.25, 0.3) is 11.3 Å². The highest BCUT2D eigenvalue weighted by Gasteiger charge is 2.29. The zero-order valence-electron chi connectivity index (χ0n) is 15.1. The van der Waals surface area contributed by atoms with Gasteiger partial charge in [0.05, 0.1) is 22.9 Å². The summed E-state index contributed by atoms with van der Waals surface area (Å²) in [7, 11) is 0. The number of rotatable bonds is 3. The van der Waals surface area contributed by atoms with Crippen LogP contribution in [-0.4, -0.2) is 38.7 Å². The summed E-state index contributed by atoms with van der Waals surface area (Å²) in [5, 5.41) is 5.36. The number of carbonyl (C=O) groups is 1. The summed E-state index contributed by atoms with van der Waals surface area (Å²) in [6.07, 6.45) is 5.98. The summed E-state index contributed by atoms with van der Waals surface area (Å²) < 4.78 is 2.00. The van der Waals surface area contributed by atoms with Crippen molar-refractivity contribution in [3.8, 4) is 11.3 Å². The van der Waals surface area contributed by atoms with Crippen molar-refractivity contribution in [1.29, 1.82) is 0 Å². The molecule has 2 aromatic heterocycles. The smallest absolute Gasteiger partial charge is 0.266 e. The van der Waals surface area contributed by atoms with Gasteiger partial charge in [0, 0.05) is 24.8 Å². The Kier molecular flexibility index (Phi) is 4.59. The van der Waals surface area contributed by atoms with E-state index in [1.807, 2.05) is 60.0 Å². The minimum absolute atomic E-state index is 0.0861. The van der Waals surface area contributed by atoms with Gasteiger partial charge in [-0.2, -0.15) is 5.10 Å². The first kappa shape index (κ1) is 17.0. The maximum Gasteiger partial charge on any atom is 0.266 e. The first-order valence-corrected chi connectivity index (χ1v) is 9.76. The molecule has 1 aromatic carbocycles. The lowest BCUT2D eigenvalue weighted by Gasteiger charge is -2.32. The second-order valence-electron chi connectivity index (χ2n) is 6.82. The fourth-order valence-electron chi connectivity index (χ4n) is 3.50. The molecule has 1 atom stereocenters. The molecule has 0 saturated carbocycles. The molecule has 1 saturated heterocycles. The first-order chi connectivity index (χ1) is 12.6. The minimum atomic E-state index is 0.0861. The minimum Gasteiger partial charge on any atom is -0.336 e. The lowest BCUT2D eigenvalue weighted by atomic mass is 10.0. The van der Waals surface area contributed by atoms with Gasteiger partial charge in [-0.25, -0.2) is 4.98 Å². The van der Waals surface area contributed by atoms with E-state index >= 15 is 0 Å². The van der Waals surface area contributed by atoms with Gasteiger partial charge in [0.15, 0.2) is 0 Å². The van der Waals surface area contributed by atoms with Crippen LogP contribution in [0.15, 0.2) is 42.7 Å². The Morgan fingerprint density at radius 3 is 2.77 bits per heavy atom. The monoisotopic (exact) mass is 366 g/mol. The Morgan fingerprint density at radius 1 is 1.23 bits per heavy atom. The van der Waals surface area contributed by atoms with Crippen molar-refractivity contribution in [3.05, 3.63) is 58.2 Å². The average Bonchev–Trinajstić information content (AvgIpc) is 3.28. The van der Waals surface area contributed by atoms with Crippen LogP contribution in [0.2, 0.25) is 0 Å². The molecule has 0 aliphatic carbocycles. The largest absolute Gasteiger partial charge is 0.336 e. The number of aromatic nitrogens is 3. The summed E-state index contributed by atoms with van der Waals surface area (Å²) in [5.41, 5.74) is 2.95. The number of carbonyl (C=O) groups excluding carboxylic acids is 1. The molecule has 134 valence electrons. The predicted molar refractivity (Wildman–Crippen MR) is 103 cm³/mol. The molecule has 0 radical (unpaired) electrons. The maximum absolute atomic E-state index is 13.3. The van der Waals surface area contributed by atoms with E-state index in [0.29, 0.717) is 6.54 Å². The third kappa shape index (κ3) is 3.29. The van der Waals surface area contributed by atoms with Gasteiger partial charge in [-0.1, -0.05) is 30.3 Å². The Morgan fingerprint density at radius 2 is 2.04 bits per heavy atom. The molecule has 1 amide bonds. The van der Waals surface area contributed by atoms with Crippen molar-refractivity contribution in [2.75, 3.05) is 13.1 Å². The maximum atomic E-state index is 13.3. The topological polar surface area (TPSA) is 51.0 Å². The van der Waals surface area contributed by atoms with Crippen molar-refractivity contribution in [1.82, 2.24) is 19.7 Å². The molecule has 6 heteroatoms. The van der Waals surface area contributed by atoms with E-state index < -0.39 is 0 Å². The molecule has 5 nitrogen and oxygen atoms in total. The van der Waals surface area contributed by atoms with Gasteiger partial charge in [0.25, 0.3) is 5.91 Å². The molecule has 26 heavy (non-hydrogen) atoms. The van der Waals surface area contributed by atoms with Gasteiger partial charge in [0.1, 0.15) is 4.88 Å². The van der Waals surface area contributed by atoms with Gasteiger partial charge >= 0.3 is 0 Å². The molecule has 0 N–H and O–H groups in total. The first-order valence-electron chi connectivity index (χ1n) is 8.94. The number of hydrogen-bond acceptors (Lipinski definition) is 4. The van der Waals surface area contributed by atoms with Gasteiger partial charge in [-0.05, 0) is 32.3 Å². The van der Waals surface area contributed by atoms with Gasteiger partial charge < -0.3 is 4.90 Å². The summed E-state index contributed by atoms with van der Waals surface area (Å²) >= 11 is 1.49. The van der Waals surface area contributed by atoms with Crippen LogP contribution in [0.5, 0.6) is 0 Å². The fourth-order valence-corrected chi connectivity index (χ4v) is 4.40. The van der Waals surface area contributed by atoms with E-state index in [9.17, 15) is 4.79 Å². The molecule has 0 spiro atoms. The number of benzene rings is 1. The number of thiazole rings is 1. The lowest BCUT2D eigenvalue weighted by Crippen LogP contribution is -2.40. The van der Waals surface area contributed by atoms with Crippen molar-refractivity contribution < 1.29 is 4.79 Å². The van der Waals surface area contributed by atoms with Crippen molar-refractivity contribution in [2.24, 2.45) is 0 Å². The molecule has 3 aromatic rings. The Balaban J connectivity index is 1.60. The van der Waals surface area contributed by atoms with Gasteiger partial charge in [-0.3, -0.25) is 9.48 Å². The highest BCUT2D eigenvalue weighted by Crippen LogP contribution is 2.31. The second kappa shape index (κ2) is 7.03. The fraction of sp³-hybridized carbons (Fsp3) is 0.350. The van der Waals surface area contributed by atoms with Gasteiger partial charge in [-0.15, -0.1) is 11.3 Å². The highest BCUT2D eigenvalue weighted by molar-refractivity contribution is 7.14. The van der Waals surface area contributed by atoms with Crippen molar-refractivity contribution in [2.45, 2.75) is 32.7 Å². The molecule has 1 aliphatic rings. The van der Waals surface area contributed by atoms with Crippen LogP contribution < -0.4 is 0 Å². The Labute approximate surface area is 157 Å². The zero-order valence-corrected chi connectivity index (χ0v) is 15.9. The molecule has 1 aliphatic heterocycles. The second-order valence-corrected chi connectivity index (χ2v) is 8.02. The lowest BCUT2D eigenvalue weighted by molar-refractivity contribution is 0.0678. The zero-order chi connectivity index (χ0) is 18.1. The molecular weight excluding hydrogens is 344 g/mol. The molecule has 4 rings (SSSR count). The molecule has 1 fully saturated rings. The van der Waals surface area contributed by atoms with Crippen LogP contribution in [0.1, 0.15) is 39.1 Å². The van der Waals surface area contributed by atoms with E-state index in [0.717, 1.165) is 46.1 Å². The number of aryl methyl sites for hydroxylation is 2. The normalized spacial score (nSPS) is 17.5. The summed E-state index contributed by atoms with van der Waals surface area (Å²) in [4.78, 5) is 20.6. The molecule has 1 unspecified atom stereocenters. The number of likely N-dealkylation sites (tertiary alicyclic amines) is 1. The average molecular weight is 366 g/mol. The Hall–Kier alpha value is -2.47. The summed E-state index contributed by atoms with van der Waals surface area (Å²) in [5.74, 6) is 0.0861. The third-order valence-electron chi connectivity index (χ3n) is 4.76. The van der Waals surface area contributed by atoms with Crippen LogP contribution >= 0.6 is 11.3 Å². The molecule has 3 heterocycles. The summed E-state index contributed by atoms with van der Waals surface area (Å²) in [6, 6.07) is 10.2. The predicted octanol–water partition coefficient (Wildman–Crippen LogP) is 4.10. The van der Waals surface area contributed by atoms with E-state index in [1.165, 1.54) is 11.3 Å². The van der Waals surface area contributed by atoms with E-state index in [-0.39, 0.29) is 11.9 Å². The van der Waals surface area contributed by atoms with E-state index in [4.69, 9.17) is 0 Å². The van der Waals surface area contributed by atoms with E-state index in [1.54, 1.807) is 0 Å². The number of piperidine rings is 1. The van der Waals surface area contributed by atoms with Crippen molar-refractivity contribution in [3.63, 3.8) is 0 Å². The number of hydrogen-bond donors (Lipinski definition) is 0. The molecule has 0 bridgehead atoms. The van der Waals surface area contributed by atoms with Crippen molar-refractivity contribution >= 4 is 17.2 Å². The van der Waals surface area contributed by atoms with E-state index in [2.05, 4.69) is 16.3 Å². The highest BCUT2D eigenvalue weighted by atomic mass is 32.1. The van der Waals surface area contributed by atoms with Crippen LogP contribution in [0.4, 0.5) is 0 Å². The van der Waals surface area contributed by atoms with Gasteiger partial charge in [0.2, 0.25) is 0 Å². The number of nitrogens with zero attached hydrogens (tertiary/aromatic N) is 4. The number of amides is 1. The Bertz CT molecular complexity index is 915. The SMILES string of the molecule is Cc1cnn(C2CCCN(C(=O)c3sc(C)nc3-c3ccccc3)C2)c1.